The third-order valence-corrected chi connectivity index (χ3v) is 5.72. The summed E-state index contributed by atoms with van der Waals surface area (Å²) in [4.78, 5) is 22.9. The first kappa shape index (κ1) is 17.6. The smallest absolute Gasteiger partial charge is 0.230 e. The summed E-state index contributed by atoms with van der Waals surface area (Å²) in [5, 5.41) is 6.02. The van der Waals surface area contributed by atoms with Crippen LogP contribution in [0.3, 0.4) is 0 Å². The van der Waals surface area contributed by atoms with E-state index in [1.54, 1.807) is 11.3 Å². The number of anilines is 1. The van der Waals surface area contributed by atoms with E-state index in [2.05, 4.69) is 15.3 Å². The van der Waals surface area contributed by atoms with E-state index in [0.717, 1.165) is 44.2 Å². The minimum absolute atomic E-state index is 0.0736. The number of pyridine rings is 1. The zero-order valence-corrected chi connectivity index (χ0v) is 16.6. The normalized spacial score (nSPS) is 11.2. The molecule has 0 bridgehead atoms. The molecule has 0 atom stereocenters. The first-order valence-electron chi connectivity index (χ1n) is 9.34. The molecule has 5 aromatic rings. The van der Waals surface area contributed by atoms with Crippen LogP contribution >= 0.6 is 11.3 Å². The van der Waals surface area contributed by atoms with E-state index in [1.807, 2.05) is 83.6 Å². The van der Waals surface area contributed by atoms with E-state index in [-0.39, 0.29) is 12.3 Å². The zero-order valence-electron chi connectivity index (χ0n) is 15.8. The molecule has 1 amide bonds. The monoisotopic (exact) mass is 398 g/mol. The van der Waals surface area contributed by atoms with Crippen LogP contribution in [0.25, 0.3) is 27.1 Å². The maximum Gasteiger partial charge on any atom is 0.230 e. The van der Waals surface area contributed by atoms with Crippen molar-refractivity contribution < 1.29 is 4.79 Å². The molecule has 2 aromatic carbocycles. The van der Waals surface area contributed by atoms with Gasteiger partial charge in [0.15, 0.2) is 4.96 Å². The van der Waals surface area contributed by atoms with Crippen molar-refractivity contribution in [2.24, 2.45) is 0 Å². The summed E-state index contributed by atoms with van der Waals surface area (Å²) in [6.45, 7) is 1.95. The lowest BCUT2D eigenvalue weighted by atomic mass is 10.1. The quantitative estimate of drug-likeness (QED) is 0.458. The second-order valence-corrected chi connectivity index (χ2v) is 7.76. The van der Waals surface area contributed by atoms with E-state index in [4.69, 9.17) is 0 Å². The lowest BCUT2D eigenvalue weighted by Crippen LogP contribution is -2.15. The number of nitrogens with zero attached hydrogens (tertiary/aromatic N) is 3. The highest BCUT2D eigenvalue weighted by atomic mass is 32.1. The van der Waals surface area contributed by atoms with Gasteiger partial charge in [0.05, 0.1) is 23.3 Å². The molecule has 0 saturated heterocycles. The van der Waals surface area contributed by atoms with Gasteiger partial charge in [0.1, 0.15) is 0 Å². The minimum atomic E-state index is -0.0736. The molecular weight excluding hydrogens is 380 g/mol. The third-order valence-electron chi connectivity index (χ3n) is 4.83. The van der Waals surface area contributed by atoms with Gasteiger partial charge in [-0.25, -0.2) is 4.98 Å². The fourth-order valence-electron chi connectivity index (χ4n) is 3.41. The number of hydrogen-bond acceptors (Lipinski definition) is 4. The second kappa shape index (κ2) is 7.14. The van der Waals surface area contributed by atoms with Crippen molar-refractivity contribution in [2.75, 3.05) is 5.32 Å². The van der Waals surface area contributed by atoms with Gasteiger partial charge in [0.2, 0.25) is 5.91 Å². The second-order valence-electron chi connectivity index (χ2n) is 6.93. The molecule has 0 radical (unpaired) electrons. The summed E-state index contributed by atoms with van der Waals surface area (Å²) in [5.74, 6) is -0.0736. The molecule has 5 nitrogen and oxygen atoms in total. The molecule has 0 fully saturated rings. The van der Waals surface area contributed by atoms with Crippen molar-refractivity contribution in [3.8, 4) is 11.3 Å². The van der Waals surface area contributed by atoms with Gasteiger partial charge in [-0.3, -0.25) is 14.2 Å². The molecule has 6 heteroatoms. The number of hydrogen-bond donors (Lipinski definition) is 1. The van der Waals surface area contributed by atoms with E-state index in [9.17, 15) is 4.79 Å². The van der Waals surface area contributed by atoms with Gasteiger partial charge >= 0.3 is 0 Å². The molecule has 0 spiro atoms. The number of benzene rings is 2. The Labute approximate surface area is 171 Å². The molecule has 3 aromatic heterocycles. The summed E-state index contributed by atoms with van der Waals surface area (Å²) in [6.07, 6.45) is 2.26. The van der Waals surface area contributed by atoms with Crippen LogP contribution in [0, 0.1) is 6.92 Å². The topological polar surface area (TPSA) is 59.3 Å². The van der Waals surface area contributed by atoms with Crippen molar-refractivity contribution in [3.63, 3.8) is 0 Å². The molecule has 0 aliphatic heterocycles. The Bertz CT molecular complexity index is 1340. The van der Waals surface area contributed by atoms with Gasteiger partial charge in [-0.2, -0.15) is 0 Å². The number of thiazole rings is 1. The summed E-state index contributed by atoms with van der Waals surface area (Å²) in [6, 6.07) is 19.9. The maximum atomic E-state index is 12.8. The highest BCUT2D eigenvalue weighted by Crippen LogP contribution is 2.25. The van der Waals surface area contributed by atoms with E-state index < -0.39 is 0 Å². The number of imidazole rings is 1. The SMILES string of the molecule is Cc1ccc2cccc(NC(=O)Cc3csc4nc(-c5ccccc5)cn34)c2n1. The summed E-state index contributed by atoms with van der Waals surface area (Å²) < 4.78 is 2.00. The van der Waals surface area contributed by atoms with Gasteiger partial charge in [0.25, 0.3) is 0 Å². The molecular formula is C23H18N4OS. The predicted molar refractivity (Wildman–Crippen MR) is 117 cm³/mol. The maximum absolute atomic E-state index is 12.8. The van der Waals surface area contributed by atoms with Gasteiger partial charge < -0.3 is 5.32 Å². The Morgan fingerprint density at radius 3 is 2.76 bits per heavy atom. The molecule has 29 heavy (non-hydrogen) atoms. The fraction of sp³-hybridized carbons (Fsp3) is 0.0870. The standard InChI is InChI=1S/C23H18N4OS/c1-15-10-11-17-8-5-9-19(22(17)24-15)25-21(28)12-18-14-29-23-26-20(13-27(18)23)16-6-3-2-4-7-16/h2-11,13-14H,12H2,1H3,(H,25,28). The number of rotatable bonds is 4. The van der Waals surface area contributed by atoms with Crippen LogP contribution in [0.2, 0.25) is 0 Å². The number of carbonyl (C=O) groups excluding carboxylic acids is 1. The average molecular weight is 398 g/mol. The van der Waals surface area contributed by atoms with Crippen LogP contribution in [0.15, 0.2) is 72.2 Å². The van der Waals surface area contributed by atoms with Crippen molar-refractivity contribution >= 4 is 38.8 Å². The first-order valence-corrected chi connectivity index (χ1v) is 10.2. The van der Waals surface area contributed by atoms with Crippen LogP contribution in [0.5, 0.6) is 0 Å². The molecule has 0 saturated carbocycles. The highest BCUT2D eigenvalue weighted by Gasteiger charge is 2.14. The van der Waals surface area contributed by atoms with Crippen LogP contribution < -0.4 is 5.32 Å². The number of amides is 1. The van der Waals surface area contributed by atoms with Crippen LogP contribution in [0.4, 0.5) is 5.69 Å². The number of aromatic nitrogens is 3. The Hall–Kier alpha value is -3.51. The van der Waals surface area contributed by atoms with Gasteiger partial charge in [-0.15, -0.1) is 11.3 Å². The summed E-state index contributed by atoms with van der Waals surface area (Å²) >= 11 is 1.54. The number of nitrogens with one attached hydrogen (secondary N) is 1. The summed E-state index contributed by atoms with van der Waals surface area (Å²) in [5.41, 5.74) is 5.36. The minimum Gasteiger partial charge on any atom is -0.324 e. The van der Waals surface area contributed by atoms with Crippen molar-refractivity contribution in [2.45, 2.75) is 13.3 Å². The first-order chi connectivity index (χ1) is 14.2. The number of aryl methyl sites for hydroxylation is 1. The molecule has 3 heterocycles. The van der Waals surface area contributed by atoms with Gasteiger partial charge in [-0.05, 0) is 19.1 Å². The highest BCUT2D eigenvalue weighted by molar-refractivity contribution is 7.15. The molecule has 0 aliphatic rings. The van der Waals surface area contributed by atoms with Gasteiger partial charge in [0, 0.05) is 33.9 Å². The number of para-hydroxylation sites is 1. The number of carbonyl (C=O) groups is 1. The van der Waals surface area contributed by atoms with Crippen LogP contribution in [-0.4, -0.2) is 20.3 Å². The fourth-order valence-corrected chi connectivity index (χ4v) is 4.28. The third kappa shape index (κ3) is 3.39. The van der Waals surface area contributed by atoms with E-state index in [1.165, 1.54) is 0 Å². The van der Waals surface area contributed by atoms with Crippen LogP contribution in [-0.2, 0) is 11.2 Å². The molecule has 5 rings (SSSR count). The number of fused-ring (bicyclic) bond motifs is 2. The predicted octanol–water partition coefficient (Wildman–Crippen LogP) is 5.10. The Balaban J connectivity index is 1.41. The lowest BCUT2D eigenvalue weighted by molar-refractivity contribution is -0.115. The molecule has 0 unspecified atom stereocenters. The molecule has 142 valence electrons. The van der Waals surface area contributed by atoms with Gasteiger partial charge in [-0.1, -0.05) is 48.5 Å². The van der Waals surface area contributed by atoms with Crippen molar-refractivity contribution in [3.05, 3.63) is 83.6 Å². The summed E-state index contributed by atoms with van der Waals surface area (Å²) in [7, 11) is 0. The van der Waals surface area contributed by atoms with Crippen molar-refractivity contribution in [1.82, 2.24) is 14.4 Å². The zero-order chi connectivity index (χ0) is 19.8. The van der Waals surface area contributed by atoms with Crippen molar-refractivity contribution in [1.29, 1.82) is 0 Å². The Morgan fingerprint density at radius 1 is 1.03 bits per heavy atom. The lowest BCUT2D eigenvalue weighted by Gasteiger charge is -2.08. The van der Waals surface area contributed by atoms with E-state index in [0.29, 0.717) is 0 Å². The average Bonchev–Trinajstić information content (AvgIpc) is 3.31. The van der Waals surface area contributed by atoms with Crippen LogP contribution in [0.1, 0.15) is 11.4 Å². The largest absolute Gasteiger partial charge is 0.324 e. The Kier molecular flexibility index (Phi) is 4.33. The Morgan fingerprint density at radius 2 is 1.90 bits per heavy atom. The molecule has 0 aliphatic carbocycles. The molecule has 1 N–H and O–H groups in total. The van der Waals surface area contributed by atoms with E-state index >= 15 is 0 Å².